The molecule has 2 aromatic carbocycles. The van der Waals surface area contributed by atoms with Crippen LogP contribution >= 0.6 is 0 Å². The van der Waals surface area contributed by atoms with Crippen molar-refractivity contribution in [3.05, 3.63) is 66.1 Å². The molecule has 0 atom stereocenters. The smallest absolute Gasteiger partial charge is 0.294 e. The molecule has 128 valence electrons. The molecule has 1 amide bonds. The van der Waals surface area contributed by atoms with E-state index in [4.69, 9.17) is 9.81 Å². The van der Waals surface area contributed by atoms with Crippen LogP contribution in [0.5, 0.6) is 0 Å². The minimum atomic E-state index is -4.37. The Hall–Kier alpha value is -3.22. The highest BCUT2D eigenvalue weighted by atomic mass is 32.2. The third-order valence-corrected chi connectivity index (χ3v) is 3.83. The first-order valence-corrected chi connectivity index (χ1v) is 8.25. The monoisotopic (exact) mass is 361 g/mol. The molecule has 2 aromatic rings. The predicted octanol–water partition coefficient (Wildman–Crippen LogP) is 2.53. The Kier molecular flexibility index (Phi) is 5.49. The van der Waals surface area contributed by atoms with Gasteiger partial charge in [-0.1, -0.05) is 6.07 Å². The average molecular weight is 361 g/mol. The number of anilines is 2. The molecule has 0 heterocycles. The van der Waals surface area contributed by atoms with Crippen molar-refractivity contribution in [2.75, 3.05) is 10.6 Å². The van der Waals surface area contributed by atoms with Crippen molar-refractivity contribution in [2.24, 2.45) is 0 Å². The molecule has 0 radical (unpaired) electrons. The molecule has 2 rings (SSSR count). The number of hydrogen-bond donors (Lipinski definition) is 3. The van der Waals surface area contributed by atoms with Gasteiger partial charge < -0.3 is 10.6 Å². The lowest BCUT2D eigenvalue weighted by Gasteiger charge is -2.06. The Labute approximate surface area is 143 Å². The molecule has 25 heavy (non-hydrogen) atoms. The fourth-order valence-corrected chi connectivity index (χ4v) is 2.31. The van der Waals surface area contributed by atoms with Crippen LogP contribution in [-0.4, -0.2) is 18.9 Å². The molecule has 0 aliphatic rings. The van der Waals surface area contributed by atoms with E-state index in [2.05, 4.69) is 10.6 Å². The van der Waals surface area contributed by atoms with Gasteiger partial charge in [0.2, 0.25) is 0 Å². The molecule has 0 spiro atoms. The molecule has 0 unspecified atom stereocenters. The van der Waals surface area contributed by atoms with E-state index in [0.29, 0.717) is 5.69 Å². The number of hydrogen-bond acceptors (Lipinski definition) is 5. The van der Waals surface area contributed by atoms with Crippen LogP contribution in [0.4, 0.5) is 15.8 Å². The van der Waals surface area contributed by atoms with Crippen molar-refractivity contribution in [3.8, 4) is 6.07 Å². The summed E-state index contributed by atoms with van der Waals surface area (Å²) in [6.07, 6.45) is 1.09. The van der Waals surface area contributed by atoms with Gasteiger partial charge in [0.25, 0.3) is 16.0 Å². The highest BCUT2D eigenvalue weighted by molar-refractivity contribution is 7.85. The predicted molar refractivity (Wildman–Crippen MR) is 88.6 cm³/mol. The third kappa shape index (κ3) is 5.13. The highest BCUT2D eigenvalue weighted by Gasteiger charge is 2.11. The molecule has 0 saturated heterocycles. The van der Waals surface area contributed by atoms with Gasteiger partial charge >= 0.3 is 0 Å². The van der Waals surface area contributed by atoms with Crippen molar-refractivity contribution >= 4 is 27.4 Å². The summed E-state index contributed by atoms with van der Waals surface area (Å²) in [7, 11) is -4.37. The fourth-order valence-electron chi connectivity index (χ4n) is 1.78. The van der Waals surface area contributed by atoms with Gasteiger partial charge in [-0.05, 0) is 42.5 Å². The number of benzene rings is 2. The van der Waals surface area contributed by atoms with Crippen LogP contribution in [0.1, 0.15) is 0 Å². The van der Waals surface area contributed by atoms with Crippen molar-refractivity contribution in [2.45, 2.75) is 4.90 Å². The van der Waals surface area contributed by atoms with Crippen LogP contribution in [0.2, 0.25) is 0 Å². The minimum absolute atomic E-state index is 0.248. The molecule has 7 nitrogen and oxygen atoms in total. The normalized spacial score (nSPS) is 11.5. The second-order valence-electron chi connectivity index (χ2n) is 4.78. The largest absolute Gasteiger partial charge is 0.360 e. The molecule has 9 heteroatoms. The van der Waals surface area contributed by atoms with Crippen molar-refractivity contribution in [1.29, 1.82) is 5.26 Å². The molecule has 0 aliphatic carbocycles. The highest BCUT2D eigenvalue weighted by Crippen LogP contribution is 2.16. The standard InChI is InChI=1S/C16H12FN3O4S/c17-12-4-6-13(7-5-12)20-16(21)11(9-18)10-19-14-2-1-3-15(8-14)25(22,23)24/h1-8,10,19H,(H,20,21)(H,22,23,24)/b11-10-. The number of nitrogens with zero attached hydrogens (tertiary/aromatic N) is 1. The summed E-state index contributed by atoms with van der Waals surface area (Å²) in [5.74, 6) is -1.19. The Morgan fingerprint density at radius 2 is 1.84 bits per heavy atom. The lowest BCUT2D eigenvalue weighted by Crippen LogP contribution is -2.14. The first-order chi connectivity index (χ1) is 11.8. The summed E-state index contributed by atoms with van der Waals surface area (Å²) in [5.41, 5.74) is 0.264. The number of rotatable bonds is 5. The number of halogens is 1. The van der Waals surface area contributed by atoms with E-state index >= 15 is 0 Å². The zero-order valence-corrected chi connectivity index (χ0v) is 13.4. The molecule has 0 saturated carbocycles. The third-order valence-electron chi connectivity index (χ3n) is 2.98. The maximum Gasteiger partial charge on any atom is 0.294 e. The average Bonchev–Trinajstić information content (AvgIpc) is 2.57. The van der Waals surface area contributed by atoms with Gasteiger partial charge in [0.1, 0.15) is 17.5 Å². The molecular formula is C16H12FN3O4S. The van der Waals surface area contributed by atoms with Crippen LogP contribution < -0.4 is 10.6 Å². The summed E-state index contributed by atoms with van der Waals surface area (Å²) in [6, 6.07) is 11.9. The number of carbonyl (C=O) groups is 1. The zero-order valence-electron chi connectivity index (χ0n) is 12.6. The van der Waals surface area contributed by atoms with Crippen molar-refractivity contribution in [1.82, 2.24) is 0 Å². The van der Waals surface area contributed by atoms with E-state index in [0.717, 1.165) is 24.4 Å². The first kappa shape index (κ1) is 18.1. The van der Waals surface area contributed by atoms with Gasteiger partial charge in [-0.25, -0.2) is 4.39 Å². The Morgan fingerprint density at radius 1 is 1.16 bits per heavy atom. The van der Waals surface area contributed by atoms with E-state index in [1.54, 1.807) is 6.07 Å². The lowest BCUT2D eigenvalue weighted by atomic mass is 10.2. The van der Waals surface area contributed by atoms with Gasteiger partial charge in [-0.2, -0.15) is 13.7 Å². The second-order valence-corrected chi connectivity index (χ2v) is 6.20. The summed E-state index contributed by atoms with van der Waals surface area (Å²) in [5, 5.41) is 14.1. The van der Waals surface area contributed by atoms with Gasteiger partial charge in [-0.3, -0.25) is 9.35 Å². The summed E-state index contributed by atoms with van der Waals surface area (Å²) in [4.78, 5) is 11.7. The SMILES string of the molecule is N#C/C(=C/Nc1cccc(S(=O)(=O)O)c1)C(=O)Nc1ccc(F)cc1. The Balaban J connectivity index is 2.13. The summed E-state index contributed by atoms with van der Waals surface area (Å²) >= 11 is 0. The zero-order chi connectivity index (χ0) is 18.4. The maximum absolute atomic E-state index is 12.8. The van der Waals surface area contributed by atoms with E-state index < -0.39 is 21.8 Å². The molecule has 0 fully saturated rings. The van der Waals surface area contributed by atoms with Crippen LogP contribution in [0.25, 0.3) is 0 Å². The lowest BCUT2D eigenvalue weighted by molar-refractivity contribution is -0.112. The Morgan fingerprint density at radius 3 is 2.44 bits per heavy atom. The van der Waals surface area contributed by atoms with Crippen molar-refractivity contribution in [3.63, 3.8) is 0 Å². The van der Waals surface area contributed by atoms with Crippen LogP contribution in [-0.2, 0) is 14.9 Å². The Bertz CT molecular complexity index is 964. The number of nitriles is 1. The molecule has 3 N–H and O–H groups in total. The van der Waals surface area contributed by atoms with Crippen molar-refractivity contribution < 1.29 is 22.2 Å². The van der Waals surface area contributed by atoms with Gasteiger partial charge in [0.05, 0.1) is 4.90 Å². The van der Waals surface area contributed by atoms with Gasteiger partial charge in [0, 0.05) is 17.6 Å². The van der Waals surface area contributed by atoms with E-state index in [-0.39, 0.29) is 16.2 Å². The second kappa shape index (κ2) is 7.57. The molecule has 0 aliphatic heterocycles. The van der Waals surface area contributed by atoms with Gasteiger partial charge in [-0.15, -0.1) is 0 Å². The maximum atomic E-state index is 12.8. The minimum Gasteiger partial charge on any atom is -0.360 e. The number of amides is 1. The van der Waals surface area contributed by atoms with E-state index in [1.807, 2.05) is 0 Å². The molecule has 0 aromatic heterocycles. The van der Waals surface area contributed by atoms with Crippen LogP contribution in [0.3, 0.4) is 0 Å². The quantitative estimate of drug-likeness (QED) is 0.428. The molecular weight excluding hydrogens is 349 g/mol. The van der Waals surface area contributed by atoms with Crippen LogP contribution in [0.15, 0.2) is 65.2 Å². The number of nitrogens with one attached hydrogen (secondary N) is 2. The first-order valence-electron chi connectivity index (χ1n) is 6.81. The number of carbonyl (C=O) groups excluding carboxylic acids is 1. The summed E-state index contributed by atoms with van der Waals surface area (Å²) < 4.78 is 44.0. The van der Waals surface area contributed by atoms with Gasteiger partial charge in [0.15, 0.2) is 0 Å². The molecule has 0 bridgehead atoms. The fraction of sp³-hybridized carbons (Fsp3) is 0. The van der Waals surface area contributed by atoms with E-state index in [1.165, 1.54) is 30.3 Å². The van der Waals surface area contributed by atoms with Crippen LogP contribution in [0, 0.1) is 17.1 Å². The summed E-state index contributed by atoms with van der Waals surface area (Å²) in [6.45, 7) is 0. The topological polar surface area (TPSA) is 119 Å². The van der Waals surface area contributed by atoms with E-state index in [9.17, 15) is 17.6 Å².